The van der Waals surface area contributed by atoms with E-state index in [2.05, 4.69) is 22.5 Å². The molecule has 0 saturated carbocycles. The van der Waals surface area contributed by atoms with E-state index >= 15 is 0 Å². The maximum absolute atomic E-state index is 12.7. The summed E-state index contributed by atoms with van der Waals surface area (Å²) in [6.45, 7) is 5.55. The Morgan fingerprint density at radius 3 is 2.15 bits per heavy atom. The van der Waals surface area contributed by atoms with Gasteiger partial charge in [-0.1, -0.05) is 105 Å². The van der Waals surface area contributed by atoms with Gasteiger partial charge in [-0.3, -0.25) is 0 Å². The zero-order valence-electron chi connectivity index (χ0n) is 27.6. The number of hydrogen-bond acceptors (Lipinski definition) is 7. The lowest BCUT2D eigenvalue weighted by Gasteiger charge is -2.43. The van der Waals surface area contributed by atoms with Crippen LogP contribution < -0.4 is 10.6 Å². The van der Waals surface area contributed by atoms with Crippen LogP contribution in [-0.2, 0) is 38.6 Å². The number of ether oxygens (including phenoxy) is 3. The molecule has 2 amide bonds. The number of carbonyl (C=O) groups excluding carboxylic acids is 2. The second-order valence-corrected chi connectivity index (χ2v) is 12.7. The fourth-order valence-electron chi connectivity index (χ4n) is 6.45. The van der Waals surface area contributed by atoms with Crippen molar-refractivity contribution < 1.29 is 28.9 Å². The van der Waals surface area contributed by atoms with Crippen molar-refractivity contribution in [2.45, 2.75) is 83.1 Å². The number of urea groups is 1. The van der Waals surface area contributed by atoms with Gasteiger partial charge >= 0.3 is 12.0 Å². The van der Waals surface area contributed by atoms with Crippen molar-refractivity contribution in [3.05, 3.63) is 107 Å². The van der Waals surface area contributed by atoms with Crippen molar-refractivity contribution in [1.29, 1.82) is 0 Å². The topological polar surface area (TPSA) is 109 Å². The number of likely N-dealkylation sites (tertiary alicyclic amines) is 1. The Kier molecular flexibility index (Phi) is 12.8. The molecule has 3 aromatic carbocycles. The van der Waals surface area contributed by atoms with Crippen molar-refractivity contribution in [3.8, 4) is 0 Å². The maximum Gasteiger partial charge on any atom is 0.328 e. The van der Waals surface area contributed by atoms with Gasteiger partial charge in [0.25, 0.3) is 0 Å². The van der Waals surface area contributed by atoms with Crippen molar-refractivity contribution in [1.82, 2.24) is 15.5 Å². The van der Waals surface area contributed by atoms with Crippen LogP contribution in [0.3, 0.4) is 0 Å². The number of hydrogen-bond donors (Lipinski definition) is 3. The highest BCUT2D eigenvalue weighted by molar-refractivity contribution is 5.83. The highest BCUT2D eigenvalue weighted by Crippen LogP contribution is 2.42. The van der Waals surface area contributed by atoms with Crippen molar-refractivity contribution in [3.63, 3.8) is 0 Å². The van der Waals surface area contributed by atoms with Crippen LogP contribution in [0.1, 0.15) is 79.2 Å². The molecular formula is C38H49N3O6. The van der Waals surface area contributed by atoms with E-state index in [9.17, 15) is 14.7 Å². The molecule has 0 bridgehead atoms. The highest BCUT2D eigenvalue weighted by Gasteiger charge is 2.39. The minimum atomic E-state index is -0.799. The van der Waals surface area contributed by atoms with Gasteiger partial charge in [0.1, 0.15) is 6.04 Å². The van der Waals surface area contributed by atoms with Crippen molar-refractivity contribution in [2.24, 2.45) is 5.92 Å². The third-order valence-electron chi connectivity index (χ3n) is 9.29. The van der Waals surface area contributed by atoms with E-state index in [0.29, 0.717) is 6.42 Å². The Balaban J connectivity index is 1.23. The lowest BCUT2D eigenvalue weighted by atomic mass is 9.89. The molecule has 9 heteroatoms. The van der Waals surface area contributed by atoms with Crippen LogP contribution in [0.15, 0.2) is 78.9 Å². The predicted octanol–water partition coefficient (Wildman–Crippen LogP) is 5.82. The second-order valence-electron chi connectivity index (χ2n) is 12.7. The molecule has 5 rings (SSSR count). The predicted molar refractivity (Wildman–Crippen MR) is 180 cm³/mol. The van der Waals surface area contributed by atoms with Gasteiger partial charge in [-0.15, -0.1) is 0 Å². The molecule has 5 atom stereocenters. The molecule has 0 aliphatic carbocycles. The molecule has 3 aromatic rings. The Morgan fingerprint density at radius 2 is 1.49 bits per heavy atom. The summed E-state index contributed by atoms with van der Waals surface area (Å²) >= 11 is 0. The summed E-state index contributed by atoms with van der Waals surface area (Å²) in [5, 5.41) is 15.2. The molecule has 0 aromatic heterocycles. The Morgan fingerprint density at radius 1 is 0.851 bits per heavy atom. The van der Waals surface area contributed by atoms with Crippen LogP contribution in [0.2, 0.25) is 0 Å². The lowest BCUT2D eigenvalue weighted by Crippen LogP contribution is -2.47. The van der Waals surface area contributed by atoms with E-state index in [0.717, 1.165) is 47.5 Å². The van der Waals surface area contributed by atoms with Crippen molar-refractivity contribution >= 4 is 12.0 Å². The fraction of sp³-hybridized carbons (Fsp3) is 0.474. The number of methoxy groups -OCH3 is 1. The summed E-state index contributed by atoms with van der Waals surface area (Å²) in [5.74, 6) is -0.364. The van der Waals surface area contributed by atoms with Gasteiger partial charge in [0, 0.05) is 31.0 Å². The Bertz CT molecular complexity index is 1390. The first-order chi connectivity index (χ1) is 22.9. The maximum atomic E-state index is 12.7. The number of benzene rings is 3. The van der Waals surface area contributed by atoms with Crippen LogP contribution >= 0.6 is 0 Å². The molecular weight excluding hydrogens is 594 g/mol. The largest absolute Gasteiger partial charge is 0.467 e. The molecule has 0 spiro atoms. The molecule has 0 radical (unpaired) electrons. The number of aliphatic hydroxyl groups is 1. The quantitative estimate of drug-likeness (QED) is 0.226. The van der Waals surface area contributed by atoms with E-state index < -0.39 is 24.3 Å². The molecule has 3 N–H and O–H groups in total. The summed E-state index contributed by atoms with van der Waals surface area (Å²) in [5.41, 5.74) is 4.68. The number of aliphatic hydroxyl groups excluding tert-OH is 1. The summed E-state index contributed by atoms with van der Waals surface area (Å²) in [7, 11) is 1.31. The van der Waals surface area contributed by atoms with Crippen LogP contribution in [0.4, 0.5) is 4.79 Å². The smallest absolute Gasteiger partial charge is 0.328 e. The van der Waals surface area contributed by atoms with Crippen LogP contribution in [-0.4, -0.2) is 60.9 Å². The molecule has 2 fully saturated rings. The van der Waals surface area contributed by atoms with Gasteiger partial charge in [-0.05, 0) is 48.2 Å². The van der Waals surface area contributed by atoms with E-state index in [1.807, 2.05) is 78.9 Å². The average Bonchev–Trinajstić information content (AvgIpc) is 3.09. The molecule has 2 aliphatic heterocycles. The second kappa shape index (κ2) is 17.4. The molecule has 2 heterocycles. The van der Waals surface area contributed by atoms with Crippen LogP contribution in [0.25, 0.3) is 0 Å². The van der Waals surface area contributed by atoms with Gasteiger partial charge in [0.05, 0.1) is 25.9 Å². The third kappa shape index (κ3) is 9.87. The number of nitrogens with zero attached hydrogens (tertiary/aromatic N) is 1. The number of carbonyl (C=O) groups is 2. The molecule has 2 aliphatic rings. The third-order valence-corrected chi connectivity index (χ3v) is 9.29. The summed E-state index contributed by atoms with van der Waals surface area (Å²) < 4.78 is 18.3. The van der Waals surface area contributed by atoms with Gasteiger partial charge in [-0.2, -0.15) is 0 Å². The summed E-state index contributed by atoms with van der Waals surface area (Å²) in [6.07, 6.45) is 5.94. The Hall–Kier alpha value is -3.76. The number of esters is 1. The highest BCUT2D eigenvalue weighted by atomic mass is 16.7. The molecule has 2 saturated heterocycles. The van der Waals surface area contributed by atoms with Gasteiger partial charge in [0.15, 0.2) is 6.29 Å². The molecule has 47 heavy (non-hydrogen) atoms. The van der Waals surface area contributed by atoms with Crippen LogP contribution in [0, 0.1) is 5.92 Å². The van der Waals surface area contributed by atoms with Crippen LogP contribution in [0.5, 0.6) is 0 Å². The standard InChI is InChI=1S/C38H49N3O6/c1-27-34(25-41-21-9-4-3-5-10-22-41)46-37(47-35(27)31-17-15-30(26-42)16-18-31)32-19-13-29(14-20-32)24-39-38(44)40-33(36(43)45-2)23-28-11-7-6-8-12-28/h6-8,11-20,27,33-35,37,42H,3-5,9-10,21-26H2,1-2H3,(H2,39,40,44). The normalized spacial score (nSPS) is 22.8. The Labute approximate surface area is 278 Å². The fourth-order valence-corrected chi connectivity index (χ4v) is 6.45. The number of amides is 2. The molecule has 5 unspecified atom stereocenters. The average molecular weight is 644 g/mol. The molecule has 9 nitrogen and oxygen atoms in total. The van der Waals surface area contributed by atoms with Gasteiger partial charge < -0.3 is 34.9 Å². The number of nitrogens with one attached hydrogen (secondary N) is 2. The van der Waals surface area contributed by atoms with E-state index in [1.54, 1.807) is 0 Å². The van der Waals surface area contributed by atoms with Crippen molar-refractivity contribution in [2.75, 3.05) is 26.7 Å². The zero-order valence-corrected chi connectivity index (χ0v) is 27.6. The van der Waals surface area contributed by atoms with Gasteiger partial charge in [0.2, 0.25) is 0 Å². The SMILES string of the molecule is COC(=O)C(Cc1ccccc1)NC(=O)NCc1ccc(C2OC(CN3CCCCCCC3)C(C)C(c3ccc(CO)cc3)O2)cc1. The first kappa shape index (κ1) is 34.6. The van der Waals surface area contributed by atoms with E-state index in [-0.39, 0.29) is 31.3 Å². The summed E-state index contributed by atoms with van der Waals surface area (Å²) in [6, 6.07) is 24.2. The minimum Gasteiger partial charge on any atom is -0.467 e. The minimum absolute atomic E-state index is 0.00704. The van der Waals surface area contributed by atoms with E-state index in [1.165, 1.54) is 39.2 Å². The summed E-state index contributed by atoms with van der Waals surface area (Å²) in [4.78, 5) is 27.6. The lowest BCUT2D eigenvalue weighted by molar-refractivity contribution is -0.276. The first-order valence-corrected chi connectivity index (χ1v) is 16.9. The van der Waals surface area contributed by atoms with Gasteiger partial charge in [-0.25, -0.2) is 9.59 Å². The number of rotatable bonds is 11. The monoisotopic (exact) mass is 643 g/mol. The molecule has 252 valence electrons. The van der Waals surface area contributed by atoms with E-state index in [4.69, 9.17) is 14.2 Å². The first-order valence-electron chi connectivity index (χ1n) is 16.9. The zero-order chi connectivity index (χ0) is 33.0.